The largest absolute Gasteiger partial charge is 0.387 e. The van der Waals surface area contributed by atoms with Crippen molar-refractivity contribution < 1.29 is 9.50 Å². The van der Waals surface area contributed by atoms with Gasteiger partial charge < -0.3 is 10.4 Å². The Hall–Kier alpha value is -1.76. The molecule has 1 saturated heterocycles. The fourth-order valence-electron chi connectivity index (χ4n) is 4.19. The van der Waals surface area contributed by atoms with Gasteiger partial charge in [-0.1, -0.05) is 18.6 Å². The van der Waals surface area contributed by atoms with Gasteiger partial charge in [-0.25, -0.2) is 9.37 Å². The van der Waals surface area contributed by atoms with E-state index in [0.717, 1.165) is 32.4 Å². The van der Waals surface area contributed by atoms with E-state index in [2.05, 4.69) is 10.3 Å². The van der Waals surface area contributed by atoms with E-state index in [-0.39, 0.29) is 29.9 Å². The second kappa shape index (κ2) is 7.10. The van der Waals surface area contributed by atoms with Crippen LogP contribution in [0.2, 0.25) is 0 Å². The molecule has 7 heteroatoms. The molecule has 0 unspecified atom stereocenters. The normalized spacial score (nSPS) is 23.9. The van der Waals surface area contributed by atoms with Crippen molar-refractivity contribution in [3.63, 3.8) is 0 Å². The van der Waals surface area contributed by atoms with Crippen LogP contribution in [0.25, 0.3) is 11.3 Å². The lowest BCUT2D eigenvalue weighted by atomic mass is 9.56. The predicted octanol–water partition coefficient (Wildman–Crippen LogP) is 2.37. The van der Waals surface area contributed by atoms with Gasteiger partial charge in [0.2, 0.25) is 0 Å². The maximum atomic E-state index is 13.9. The summed E-state index contributed by atoms with van der Waals surface area (Å²) in [5.74, 6) is -0.405. The maximum absolute atomic E-state index is 13.9. The van der Waals surface area contributed by atoms with E-state index in [9.17, 15) is 14.3 Å². The number of nitrogens with one attached hydrogen (secondary N) is 1. The lowest BCUT2D eigenvalue weighted by molar-refractivity contribution is -0.155. The number of aliphatic hydroxyl groups is 1. The number of nitrogens with zero attached hydrogens (tertiary/aromatic N) is 2. The summed E-state index contributed by atoms with van der Waals surface area (Å²) in [6.45, 7) is 1.77. The highest BCUT2D eigenvalue weighted by atomic mass is 35.5. The van der Waals surface area contributed by atoms with Crippen molar-refractivity contribution in [3.05, 3.63) is 52.8 Å². The topological polar surface area (TPSA) is 67.2 Å². The van der Waals surface area contributed by atoms with Gasteiger partial charge in [0, 0.05) is 23.6 Å². The van der Waals surface area contributed by atoms with Crippen LogP contribution in [0.5, 0.6) is 0 Å². The van der Waals surface area contributed by atoms with Crippen LogP contribution in [-0.2, 0) is 6.54 Å². The summed E-state index contributed by atoms with van der Waals surface area (Å²) < 4.78 is 15.4. The number of aromatic nitrogens is 2. The molecule has 2 fully saturated rings. The third kappa shape index (κ3) is 3.06. The molecule has 2 aliphatic rings. The summed E-state index contributed by atoms with van der Waals surface area (Å²) in [4.78, 5) is 16.8. The SMILES string of the molecule is Cl.O=c1cc(-c2ccccc2F)ncn1C[C@]1(O)CCNCC12CCC2. The van der Waals surface area contributed by atoms with E-state index in [4.69, 9.17) is 0 Å². The van der Waals surface area contributed by atoms with Crippen LogP contribution in [0.3, 0.4) is 0 Å². The lowest BCUT2D eigenvalue weighted by Gasteiger charge is -2.56. The van der Waals surface area contributed by atoms with Gasteiger partial charge in [0.25, 0.3) is 5.56 Å². The molecule has 0 bridgehead atoms. The highest BCUT2D eigenvalue weighted by Gasteiger charge is 2.55. The summed E-state index contributed by atoms with van der Waals surface area (Å²) in [5, 5.41) is 14.6. The van der Waals surface area contributed by atoms with Crippen molar-refractivity contribution in [2.45, 2.75) is 37.8 Å². The van der Waals surface area contributed by atoms with Crippen LogP contribution in [0.15, 0.2) is 41.5 Å². The number of rotatable bonds is 3. The molecule has 1 spiro atoms. The third-order valence-electron chi connectivity index (χ3n) is 5.94. The summed E-state index contributed by atoms with van der Waals surface area (Å²) in [5.41, 5.74) is -0.691. The van der Waals surface area contributed by atoms with E-state index in [1.807, 2.05) is 0 Å². The molecular formula is C19H23ClFN3O2. The molecule has 1 aromatic heterocycles. The van der Waals surface area contributed by atoms with Crippen LogP contribution in [0.1, 0.15) is 25.7 Å². The average Bonchev–Trinajstić information content (AvgIpc) is 2.56. The van der Waals surface area contributed by atoms with Gasteiger partial charge in [0.15, 0.2) is 0 Å². The Balaban J connectivity index is 0.00000196. The molecule has 1 saturated carbocycles. The van der Waals surface area contributed by atoms with Crippen molar-refractivity contribution in [3.8, 4) is 11.3 Å². The van der Waals surface area contributed by atoms with Gasteiger partial charge >= 0.3 is 0 Å². The number of benzene rings is 1. The van der Waals surface area contributed by atoms with E-state index >= 15 is 0 Å². The zero-order chi connectivity index (χ0) is 17.5. The van der Waals surface area contributed by atoms with Gasteiger partial charge in [0.1, 0.15) is 5.82 Å². The molecule has 0 radical (unpaired) electrons. The first-order valence-electron chi connectivity index (χ1n) is 8.78. The molecule has 26 heavy (non-hydrogen) atoms. The van der Waals surface area contributed by atoms with E-state index in [1.54, 1.807) is 18.2 Å². The van der Waals surface area contributed by atoms with Crippen molar-refractivity contribution >= 4 is 12.4 Å². The van der Waals surface area contributed by atoms with Gasteiger partial charge in [0.05, 0.1) is 24.2 Å². The number of halogens is 2. The quantitative estimate of drug-likeness (QED) is 0.859. The number of hydrogen-bond acceptors (Lipinski definition) is 4. The third-order valence-corrected chi connectivity index (χ3v) is 5.94. The Labute approximate surface area is 157 Å². The van der Waals surface area contributed by atoms with Crippen LogP contribution in [-0.4, -0.2) is 33.3 Å². The molecule has 2 heterocycles. The van der Waals surface area contributed by atoms with Crippen molar-refractivity contribution in [1.29, 1.82) is 0 Å². The summed E-state index contributed by atoms with van der Waals surface area (Å²) in [6, 6.07) is 7.61. The van der Waals surface area contributed by atoms with Crippen LogP contribution >= 0.6 is 12.4 Å². The summed E-state index contributed by atoms with van der Waals surface area (Å²) in [6.07, 6.45) is 5.12. The van der Waals surface area contributed by atoms with Crippen molar-refractivity contribution in [2.24, 2.45) is 5.41 Å². The monoisotopic (exact) mass is 379 g/mol. The average molecular weight is 380 g/mol. The molecule has 4 rings (SSSR count). The van der Waals surface area contributed by atoms with E-state index in [1.165, 1.54) is 23.0 Å². The van der Waals surface area contributed by atoms with Gasteiger partial charge in [-0.3, -0.25) is 9.36 Å². The fourth-order valence-corrected chi connectivity index (χ4v) is 4.19. The number of piperidine rings is 1. The summed E-state index contributed by atoms with van der Waals surface area (Å²) in [7, 11) is 0. The first kappa shape index (κ1) is 19.0. The van der Waals surface area contributed by atoms with Crippen LogP contribution in [0, 0.1) is 11.2 Å². The Morgan fingerprint density at radius 1 is 1.27 bits per heavy atom. The zero-order valence-corrected chi connectivity index (χ0v) is 15.3. The Morgan fingerprint density at radius 3 is 2.69 bits per heavy atom. The van der Waals surface area contributed by atoms with Crippen molar-refractivity contribution in [1.82, 2.24) is 14.9 Å². The summed E-state index contributed by atoms with van der Waals surface area (Å²) >= 11 is 0. The molecule has 1 aliphatic carbocycles. The smallest absolute Gasteiger partial charge is 0.253 e. The Morgan fingerprint density at radius 2 is 2.04 bits per heavy atom. The fraction of sp³-hybridized carbons (Fsp3) is 0.474. The van der Waals surface area contributed by atoms with Crippen LogP contribution in [0.4, 0.5) is 4.39 Å². The first-order valence-corrected chi connectivity index (χ1v) is 8.78. The molecule has 2 aromatic rings. The second-order valence-electron chi connectivity index (χ2n) is 7.31. The van der Waals surface area contributed by atoms with Crippen molar-refractivity contribution in [2.75, 3.05) is 13.1 Å². The molecule has 1 aliphatic heterocycles. The standard InChI is InChI=1S/C19H22FN3O2.ClH/c20-15-5-2-1-4-14(15)16-10-17(24)23(13-22-16)12-19(25)8-9-21-11-18(19)6-3-7-18;/h1-2,4-5,10,13,21,25H,3,6-9,11-12H2;1H/t19-;/m1./s1. The Kier molecular flexibility index (Phi) is 5.19. The van der Waals surface area contributed by atoms with E-state index < -0.39 is 11.4 Å². The highest BCUT2D eigenvalue weighted by molar-refractivity contribution is 5.85. The maximum Gasteiger partial charge on any atom is 0.253 e. The first-order chi connectivity index (χ1) is 12.0. The molecular weight excluding hydrogens is 357 g/mol. The minimum Gasteiger partial charge on any atom is -0.387 e. The molecule has 140 valence electrons. The van der Waals surface area contributed by atoms with Gasteiger partial charge in [-0.15, -0.1) is 12.4 Å². The molecule has 0 amide bonds. The number of hydrogen-bond donors (Lipinski definition) is 2. The second-order valence-corrected chi connectivity index (χ2v) is 7.31. The highest BCUT2D eigenvalue weighted by Crippen LogP contribution is 2.52. The van der Waals surface area contributed by atoms with E-state index in [0.29, 0.717) is 17.7 Å². The zero-order valence-electron chi connectivity index (χ0n) is 14.4. The molecule has 2 N–H and O–H groups in total. The Bertz CT molecular complexity index is 853. The molecule has 1 aromatic carbocycles. The van der Waals surface area contributed by atoms with Gasteiger partial charge in [-0.05, 0) is 37.9 Å². The van der Waals surface area contributed by atoms with Crippen LogP contribution < -0.4 is 10.9 Å². The molecule has 1 atom stereocenters. The van der Waals surface area contributed by atoms with Gasteiger partial charge in [-0.2, -0.15) is 0 Å². The minimum atomic E-state index is -0.901. The minimum absolute atomic E-state index is 0. The molecule has 5 nitrogen and oxygen atoms in total. The predicted molar refractivity (Wildman–Crippen MR) is 99.9 cm³/mol. The lowest BCUT2D eigenvalue weighted by Crippen LogP contribution is -2.64.